The lowest BCUT2D eigenvalue weighted by Crippen LogP contribution is -2.45. The molecule has 0 aromatic carbocycles. The SMILES string of the molecule is CCCCCCCCCCCCCCCC(=O)OCCCCCCCCCCCCCC/C=C\CCCCCCCCCC(=O)NC(CO)C(O)CCCCCCCCCCCCCC. The van der Waals surface area contributed by atoms with Crippen molar-refractivity contribution in [2.75, 3.05) is 13.2 Å². The van der Waals surface area contributed by atoms with Gasteiger partial charge in [0.2, 0.25) is 5.91 Å². The highest BCUT2D eigenvalue weighted by Gasteiger charge is 2.20. The van der Waals surface area contributed by atoms with Gasteiger partial charge in [-0.25, -0.2) is 0 Å². The van der Waals surface area contributed by atoms with E-state index in [-0.39, 0.29) is 18.5 Å². The van der Waals surface area contributed by atoms with Crippen LogP contribution in [0.2, 0.25) is 0 Å². The number of ether oxygens (including phenoxy) is 1. The molecule has 0 spiro atoms. The van der Waals surface area contributed by atoms with Gasteiger partial charge < -0.3 is 20.3 Å². The second kappa shape index (κ2) is 55.2. The van der Waals surface area contributed by atoms with Crippen LogP contribution >= 0.6 is 0 Å². The number of esters is 1. The zero-order valence-electron chi connectivity index (χ0n) is 44.0. The number of rotatable bonds is 55. The van der Waals surface area contributed by atoms with E-state index < -0.39 is 12.1 Å². The van der Waals surface area contributed by atoms with Crippen molar-refractivity contribution in [3.63, 3.8) is 0 Å². The van der Waals surface area contributed by atoms with Crippen LogP contribution in [-0.4, -0.2) is 47.4 Å². The quantitative estimate of drug-likeness (QED) is 0.0321. The molecule has 0 saturated heterocycles. The van der Waals surface area contributed by atoms with Crippen LogP contribution in [0.15, 0.2) is 12.2 Å². The van der Waals surface area contributed by atoms with E-state index in [1.165, 1.54) is 257 Å². The molecule has 1 amide bonds. The van der Waals surface area contributed by atoms with Crippen molar-refractivity contribution in [2.24, 2.45) is 0 Å². The summed E-state index contributed by atoms with van der Waals surface area (Å²) in [5.74, 6) is -0.0272. The monoisotopic (exact) mass is 918 g/mol. The molecule has 386 valence electrons. The molecule has 0 radical (unpaired) electrons. The normalized spacial score (nSPS) is 12.6. The van der Waals surface area contributed by atoms with Crippen LogP contribution in [-0.2, 0) is 14.3 Å². The summed E-state index contributed by atoms with van der Waals surface area (Å²) in [5.41, 5.74) is 0. The van der Waals surface area contributed by atoms with Crippen LogP contribution in [0.4, 0.5) is 0 Å². The molecule has 0 rings (SSSR count). The molecule has 0 aliphatic carbocycles. The van der Waals surface area contributed by atoms with E-state index in [1.54, 1.807) is 0 Å². The number of carbonyl (C=O) groups is 2. The maximum Gasteiger partial charge on any atom is 0.305 e. The summed E-state index contributed by atoms with van der Waals surface area (Å²) in [5, 5.41) is 23.2. The van der Waals surface area contributed by atoms with Crippen molar-refractivity contribution in [1.29, 1.82) is 0 Å². The molecule has 0 saturated carbocycles. The maximum absolute atomic E-state index is 12.4. The van der Waals surface area contributed by atoms with Crippen LogP contribution in [0.3, 0.4) is 0 Å². The van der Waals surface area contributed by atoms with Gasteiger partial charge in [0.25, 0.3) is 0 Å². The first kappa shape index (κ1) is 63.6. The minimum atomic E-state index is -0.666. The molecule has 0 aromatic heterocycles. The lowest BCUT2D eigenvalue weighted by Gasteiger charge is -2.22. The molecule has 2 unspecified atom stereocenters. The highest BCUT2D eigenvalue weighted by molar-refractivity contribution is 5.76. The molecule has 6 heteroatoms. The van der Waals surface area contributed by atoms with Crippen LogP contribution in [0.25, 0.3) is 0 Å². The Hall–Kier alpha value is -1.40. The van der Waals surface area contributed by atoms with E-state index in [0.717, 1.165) is 38.5 Å². The predicted octanol–water partition coefficient (Wildman–Crippen LogP) is 18.1. The number of hydrogen-bond acceptors (Lipinski definition) is 5. The third-order valence-electron chi connectivity index (χ3n) is 13.8. The van der Waals surface area contributed by atoms with Gasteiger partial charge in [-0.2, -0.15) is 0 Å². The zero-order chi connectivity index (χ0) is 47.2. The van der Waals surface area contributed by atoms with Gasteiger partial charge in [0.05, 0.1) is 25.4 Å². The van der Waals surface area contributed by atoms with Crippen molar-refractivity contribution in [2.45, 2.75) is 341 Å². The largest absolute Gasteiger partial charge is 0.466 e. The summed E-state index contributed by atoms with van der Waals surface area (Å²) in [6.45, 7) is 4.96. The molecule has 0 aliphatic rings. The molecule has 3 N–H and O–H groups in total. The number of aliphatic hydroxyl groups excluding tert-OH is 2. The van der Waals surface area contributed by atoms with Crippen molar-refractivity contribution in [3.8, 4) is 0 Å². The fourth-order valence-corrected chi connectivity index (χ4v) is 9.28. The minimum absolute atomic E-state index is 0.0134. The molecule has 2 atom stereocenters. The third-order valence-corrected chi connectivity index (χ3v) is 13.8. The van der Waals surface area contributed by atoms with Gasteiger partial charge in [-0.1, -0.05) is 276 Å². The zero-order valence-corrected chi connectivity index (χ0v) is 44.0. The highest BCUT2D eigenvalue weighted by Crippen LogP contribution is 2.17. The average Bonchev–Trinajstić information content (AvgIpc) is 3.31. The second-order valence-electron chi connectivity index (χ2n) is 20.3. The molecular weight excluding hydrogens is 803 g/mol. The van der Waals surface area contributed by atoms with Gasteiger partial charge >= 0.3 is 5.97 Å². The standard InChI is InChI=1S/C59H115NO5/c1-3-5-7-9-11-13-15-28-33-37-41-45-49-53-59(64)65-54-50-46-42-38-34-30-27-25-23-21-19-17-18-20-22-24-26-29-32-36-40-44-48-52-58(63)60-56(55-61)57(62)51-47-43-39-35-31-16-14-12-10-8-6-4-2/h20,22,56-57,61-62H,3-19,21,23-55H2,1-2H3,(H,60,63)/b22-20-. The summed E-state index contributed by atoms with van der Waals surface area (Å²) < 4.78 is 5.48. The minimum Gasteiger partial charge on any atom is -0.466 e. The van der Waals surface area contributed by atoms with Crippen LogP contribution < -0.4 is 5.32 Å². The van der Waals surface area contributed by atoms with Gasteiger partial charge in [-0.15, -0.1) is 0 Å². The first-order valence-electron chi connectivity index (χ1n) is 29.4. The van der Waals surface area contributed by atoms with Gasteiger partial charge in [0.15, 0.2) is 0 Å². The number of nitrogens with one attached hydrogen (secondary N) is 1. The summed E-state index contributed by atoms with van der Waals surface area (Å²) in [6.07, 6.45) is 65.0. The van der Waals surface area contributed by atoms with Gasteiger partial charge in [-0.05, 0) is 51.4 Å². The van der Waals surface area contributed by atoms with Crippen LogP contribution in [0.1, 0.15) is 328 Å². The predicted molar refractivity (Wildman–Crippen MR) is 283 cm³/mol. The Morgan fingerprint density at radius 1 is 0.415 bits per heavy atom. The van der Waals surface area contributed by atoms with Crippen molar-refractivity contribution in [1.82, 2.24) is 5.32 Å². The molecule has 6 nitrogen and oxygen atoms in total. The van der Waals surface area contributed by atoms with Gasteiger partial charge in [-0.3, -0.25) is 9.59 Å². The average molecular weight is 919 g/mol. The summed E-state index contributed by atoms with van der Waals surface area (Å²) in [4.78, 5) is 24.5. The summed E-state index contributed by atoms with van der Waals surface area (Å²) >= 11 is 0. The molecule has 65 heavy (non-hydrogen) atoms. The second-order valence-corrected chi connectivity index (χ2v) is 20.3. The summed E-state index contributed by atoms with van der Waals surface area (Å²) in [6, 6.07) is -0.544. The van der Waals surface area contributed by atoms with Crippen LogP contribution in [0.5, 0.6) is 0 Å². The number of amides is 1. The topological polar surface area (TPSA) is 95.9 Å². The Labute approximate surface area is 406 Å². The lowest BCUT2D eigenvalue weighted by molar-refractivity contribution is -0.143. The van der Waals surface area contributed by atoms with E-state index in [9.17, 15) is 19.8 Å². The first-order valence-corrected chi connectivity index (χ1v) is 29.4. The fraction of sp³-hybridized carbons (Fsp3) is 0.932. The Morgan fingerprint density at radius 2 is 0.723 bits per heavy atom. The van der Waals surface area contributed by atoms with Crippen molar-refractivity contribution in [3.05, 3.63) is 12.2 Å². The summed E-state index contributed by atoms with van der Waals surface area (Å²) in [7, 11) is 0. The smallest absolute Gasteiger partial charge is 0.305 e. The number of aliphatic hydroxyl groups is 2. The lowest BCUT2D eigenvalue weighted by atomic mass is 10.0. The Bertz CT molecular complexity index is 970. The van der Waals surface area contributed by atoms with Crippen LogP contribution in [0, 0.1) is 0 Å². The van der Waals surface area contributed by atoms with E-state index >= 15 is 0 Å². The fourth-order valence-electron chi connectivity index (χ4n) is 9.28. The number of allylic oxidation sites excluding steroid dienone is 2. The van der Waals surface area contributed by atoms with E-state index in [2.05, 4.69) is 31.3 Å². The highest BCUT2D eigenvalue weighted by atomic mass is 16.5. The molecule has 0 aromatic rings. The molecule has 0 bridgehead atoms. The molecular formula is C59H115NO5. The van der Waals surface area contributed by atoms with Gasteiger partial charge in [0, 0.05) is 12.8 Å². The Kier molecular flexibility index (Phi) is 54.0. The number of carbonyl (C=O) groups excluding carboxylic acids is 2. The van der Waals surface area contributed by atoms with E-state index in [4.69, 9.17) is 4.74 Å². The number of hydrogen-bond donors (Lipinski definition) is 3. The third kappa shape index (κ3) is 51.8. The maximum atomic E-state index is 12.4. The van der Waals surface area contributed by atoms with Crippen molar-refractivity contribution < 1.29 is 24.5 Å². The van der Waals surface area contributed by atoms with E-state index in [0.29, 0.717) is 25.9 Å². The van der Waals surface area contributed by atoms with Crippen molar-refractivity contribution >= 4 is 11.9 Å². The first-order chi connectivity index (χ1) is 32.0. The van der Waals surface area contributed by atoms with E-state index in [1.807, 2.05) is 0 Å². The number of unbranched alkanes of at least 4 members (excludes halogenated alkanes) is 42. The molecule has 0 aliphatic heterocycles. The Balaban J connectivity index is 3.39. The van der Waals surface area contributed by atoms with Gasteiger partial charge in [0.1, 0.15) is 0 Å². The Morgan fingerprint density at radius 3 is 1.09 bits per heavy atom. The molecule has 0 heterocycles. The molecule has 0 fully saturated rings.